The van der Waals surface area contributed by atoms with Gasteiger partial charge in [0.1, 0.15) is 19.0 Å². The van der Waals surface area contributed by atoms with Crippen molar-refractivity contribution in [2.24, 2.45) is 0 Å². The van der Waals surface area contributed by atoms with E-state index in [1.54, 1.807) is 0 Å². The highest BCUT2D eigenvalue weighted by Crippen LogP contribution is 2.40. The lowest BCUT2D eigenvalue weighted by molar-refractivity contribution is 0.171. The Labute approximate surface area is 74.5 Å². The summed E-state index contributed by atoms with van der Waals surface area (Å²) in [6.07, 6.45) is 0. The van der Waals surface area contributed by atoms with Gasteiger partial charge in [-0.15, -0.1) is 0 Å². The minimum atomic E-state index is 0.0873. The number of hydrogen-bond donors (Lipinski definition) is 1. The van der Waals surface area contributed by atoms with Crippen molar-refractivity contribution in [3.63, 3.8) is 0 Å². The minimum absolute atomic E-state index is 0.0873. The maximum Gasteiger partial charge on any atom is 0.180 e. The second kappa shape index (κ2) is 2.75. The average molecular weight is 187 g/mol. The number of fused-ring (bicyclic) bond motifs is 1. The topological polar surface area (TPSA) is 38.7 Å². The van der Waals surface area contributed by atoms with E-state index >= 15 is 0 Å². The van der Waals surface area contributed by atoms with Crippen molar-refractivity contribution in [3.8, 4) is 17.2 Å². The second-order valence-corrected chi connectivity index (χ2v) is 2.86. The van der Waals surface area contributed by atoms with Gasteiger partial charge in [0, 0.05) is 12.1 Å². The number of phenols is 1. The van der Waals surface area contributed by atoms with Gasteiger partial charge in [-0.2, -0.15) is 0 Å². The third-order valence-electron chi connectivity index (χ3n) is 1.58. The molecule has 1 aliphatic rings. The first-order chi connectivity index (χ1) is 5.77. The van der Waals surface area contributed by atoms with Crippen LogP contribution in [0.2, 0.25) is 5.02 Å². The molecule has 0 spiro atoms. The zero-order chi connectivity index (χ0) is 8.55. The number of benzene rings is 1. The molecule has 1 aromatic carbocycles. The van der Waals surface area contributed by atoms with Crippen molar-refractivity contribution in [2.45, 2.75) is 0 Å². The zero-order valence-electron chi connectivity index (χ0n) is 6.21. The molecule has 2 rings (SSSR count). The van der Waals surface area contributed by atoms with Crippen LogP contribution in [0.25, 0.3) is 0 Å². The fourth-order valence-electron chi connectivity index (χ4n) is 1.10. The van der Waals surface area contributed by atoms with Gasteiger partial charge < -0.3 is 14.6 Å². The maximum atomic E-state index is 9.15. The average Bonchev–Trinajstić information content (AvgIpc) is 2.04. The summed E-state index contributed by atoms with van der Waals surface area (Å²) < 4.78 is 10.5. The van der Waals surface area contributed by atoms with Crippen LogP contribution in [-0.4, -0.2) is 18.3 Å². The molecular weight excluding hydrogens is 180 g/mol. The molecule has 1 N–H and O–H groups in total. The molecule has 3 nitrogen and oxygen atoms in total. The SMILES string of the molecule is Oc1cc(Cl)c2c(c1)OCCO2. The molecule has 12 heavy (non-hydrogen) atoms. The molecule has 64 valence electrons. The first-order valence-corrected chi connectivity index (χ1v) is 3.93. The first-order valence-electron chi connectivity index (χ1n) is 3.55. The lowest BCUT2D eigenvalue weighted by Gasteiger charge is -2.19. The number of aromatic hydroxyl groups is 1. The molecular formula is C8H7ClO3. The normalized spacial score (nSPS) is 14.4. The molecule has 0 amide bonds. The Morgan fingerprint density at radius 1 is 1.25 bits per heavy atom. The molecule has 4 heteroatoms. The van der Waals surface area contributed by atoms with Crippen LogP contribution in [0, 0.1) is 0 Å². The van der Waals surface area contributed by atoms with Crippen LogP contribution >= 0.6 is 11.6 Å². The summed E-state index contributed by atoms with van der Waals surface area (Å²) in [4.78, 5) is 0. The summed E-state index contributed by atoms with van der Waals surface area (Å²) in [5.74, 6) is 1.11. The summed E-state index contributed by atoms with van der Waals surface area (Å²) in [7, 11) is 0. The Bertz CT molecular complexity index is 311. The molecule has 0 saturated heterocycles. The fraction of sp³-hybridized carbons (Fsp3) is 0.250. The van der Waals surface area contributed by atoms with E-state index in [9.17, 15) is 0 Å². The van der Waals surface area contributed by atoms with E-state index in [1.807, 2.05) is 0 Å². The van der Waals surface area contributed by atoms with E-state index in [0.717, 1.165) is 0 Å². The quantitative estimate of drug-likeness (QED) is 0.672. The molecule has 0 aliphatic carbocycles. The van der Waals surface area contributed by atoms with Gasteiger partial charge in [-0.3, -0.25) is 0 Å². The van der Waals surface area contributed by atoms with E-state index in [1.165, 1.54) is 12.1 Å². The molecule has 1 heterocycles. The maximum absolute atomic E-state index is 9.15. The number of rotatable bonds is 0. The summed E-state index contributed by atoms with van der Waals surface area (Å²) in [6, 6.07) is 2.91. The van der Waals surface area contributed by atoms with Gasteiger partial charge in [-0.05, 0) is 0 Å². The summed E-state index contributed by atoms with van der Waals surface area (Å²) in [5.41, 5.74) is 0. The van der Waals surface area contributed by atoms with Crippen LogP contribution in [-0.2, 0) is 0 Å². The molecule has 0 bridgehead atoms. The highest BCUT2D eigenvalue weighted by atomic mass is 35.5. The molecule has 1 aliphatic heterocycles. The van der Waals surface area contributed by atoms with E-state index in [2.05, 4.69) is 0 Å². The number of ether oxygens (including phenoxy) is 2. The van der Waals surface area contributed by atoms with E-state index in [4.69, 9.17) is 26.2 Å². The summed E-state index contributed by atoms with van der Waals surface area (Å²) in [6.45, 7) is 0.990. The Morgan fingerprint density at radius 2 is 2.00 bits per heavy atom. The van der Waals surface area contributed by atoms with Gasteiger partial charge in [-0.25, -0.2) is 0 Å². The van der Waals surface area contributed by atoms with Gasteiger partial charge in [0.05, 0.1) is 5.02 Å². The standard InChI is InChI=1S/C8H7ClO3/c9-6-3-5(10)4-7-8(6)12-2-1-11-7/h3-4,10H,1-2H2. The number of halogens is 1. The smallest absolute Gasteiger partial charge is 0.180 e. The van der Waals surface area contributed by atoms with Crippen LogP contribution in [0.15, 0.2) is 12.1 Å². The third kappa shape index (κ3) is 1.16. The van der Waals surface area contributed by atoms with Crippen LogP contribution in [0.5, 0.6) is 17.2 Å². The molecule has 1 aromatic rings. The van der Waals surface area contributed by atoms with E-state index in [0.29, 0.717) is 29.7 Å². The largest absolute Gasteiger partial charge is 0.508 e. The summed E-state index contributed by atoms with van der Waals surface area (Å²) >= 11 is 5.78. The molecule has 0 radical (unpaired) electrons. The fourth-order valence-corrected chi connectivity index (χ4v) is 1.36. The Hall–Kier alpha value is -1.09. The van der Waals surface area contributed by atoms with Crippen molar-refractivity contribution in [1.82, 2.24) is 0 Å². The highest BCUT2D eigenvalue weighted by Gasteiger charge is 2.15. The van der Waals surface area contributed by atoms with Crippen molar-refractivity contribution < 1.29 is 14.6 Å². The van der Waals surface area contributed by atoms with Crippen molar-refractivity contribution >= 4 is 11.6 Å². The highest BCUT2D eigenvalue weighted by molar-refractivity contribution is 6.32. The van der Waals surface area contributed by atoms with Crippen molar-refractivity contribution in [2.75, 3.05) is 13.2 Å². The Kier molecular flexibility index (Phi) is 1.73. The molecule has 0 atom stereocenters. The minimum Gasteiger partial charge on any atom is -0.508 e. The predicted octanol–water partition coefficient (Wildman–Crippen LogP) is 1.82. The second-order valence-electron chi connectivity index (χ2n) is 2.45. The lowest BCUT2D eigenvalue weighted by Crippen LogP contribution is -2.15. The van der Waals surface area contributed by atoms with Gasteiger partial charge in [0.15, 0.2) is 11.5 Å². The lowest BCUT2D eigenvalue weighted by atomic mass is 10.3. The Morgan fingerprint density at radius 3 is 2.83 bits per heavy atom. The molecule has 0 fully saturated rings. The van der Waals surface area contributed by atoms with Crippen molar-refractivity contribution in [1.29, 1.82) is 0 Å². The van der Waals surface area contributed by atoms with Crippen LogP contribution in [0.1, 0.15) is 0 Å². The van der Waals surface area contributed by atoms with Crippen LogP contribution in [0.4, 0.5) is 0 Å². The van der Waals surface area contributed by atoms with Gasteiger partial charge in [0.2, 0.25) is 0 Å². The Balaban J connectivity index is 2.53. The van der Waals surface area contributed by atoms with Gasteiger partial charge in [0.25, 0.3) is 0 Å². The van der Waals surface area contributed by atoms with Crippen molar-refractivity contribution in [3.05, 3.63) is 17.2 Å². The van der Waals surface area contributed by atoms with E-state index < -0.39 is 0 Å². The van der Waals surface area contributed by atoms with Crippen LogP contribution in [0.3, 0.4) is 0 Å². The zero-order valence-corrected chi connectivity index (χ0v) is 6.97. The monoisotopic (exact) mass is 186 g/mol. The molecule has 0 saturated carbocycles. The molecule has 0 unspecified atom stereocenters. The van der Waals surface area contributed by atoms with E-state index in [-0.39, 0.29) is 5.75 Å². The van der Waals surface area contributed by atoms with Crippen LogP contribution < -0.4 is 9.47 Å². The molecule has 0 aromatic heterocycles. The predicted molar refractivity (Wildman–Crippen MR) is 44.1 cm³/mol. The number of phenolic OH excluding ortho intramolecular Hbond substituents is 1. The summed E-state index contributed by atoms with van der Waals surface area (Å²) in [5, 5.41) is 9.53. The third-order valence-corrected chi connectivity index (χ3v) is 1.86. The number of hydrogen-bond acceptors (Lipinski definition) is 3. The van der Waals surface area contributed by atoms with Gasteiger partial charge >= 0.3 is 0 Å². The van der Waals surface area contributed by atoms with Gasteiger partial charge in [-0.1, -0.05) is 11.6 Å². The first kappa shape index (κ1) is 7.55.